The van der Waals surface area contributed by atoms with E-state index in [0.717, 1.165) is 13.1 Å². The van der Waals surface area contributed by atoms with Crippen LogP contribution in [-0.4, -0.2) is 52.6 Å². The van der Waals surface area contributed by atoms with Gasteiger partial charge >= 0.3 is 6.01 Å². The number of ether oxygens (including phenoxy) is 1. The first-order chi connectivity index (χ1) is 10.2. The summed E-state index contributed by atoms with van der Waals surface area (Å²) in [6, 6.07) is 0.984. The first-order valence-corrected chi connectivity index (χ1v) is 7.52. The van der Waals surface area contributed by atoms with Crippen molar-refractivity contribution >= 4 is 11.9 Å². The van der Waals surface area contributed by atoms with E-state index < -0.39 is 0 Å². The van der Waals surface area contributed by atoms with Crippen LogP contribution in [0.2, 0.25) is 0 Å². The minimum absolute atomic E-state index is 0.270. The number of hydrogen-bond acceptors (Lipinski definition) is 8. The number of anilines is 2. The van der Waals surface area contributed by atoms with Crippen molar-refractivity contribution < 1.29 is 4.74 Å². The maximum Gasteiger partial charge on any atom is 0.323 e. The predicted octanol–water partition coefficient (Wildman–Crippen LogP) is 0.842. The quantitative estimate of drug-likeness (QED) is 0.479. The Morgan fingerprint density at radius 1 is 1.24 bits per heavy atom. The monoisotopic (exact) mass is 295 g/mol. The van der Waals surface area contributed by atoms with E-state index in [2.05, 4.69) is 37.6 Å². The van der Waals surface area contributed by atoms with Gasteiger partial charge in [0.2, 0.25) is 11.9 Å². The summed E-state index contributed by atoms with van der Waals surface area (Å²) in [5.74, 6) is 6.11. The van der Waals surface area contributed by atoms with Crippen LogP contribution in [0.25, 0.3) is 0 Å². The zero-order valence-corrected chi connectivity index (χ0v) is 12.8. The van der Waals surface area contributed by atoms with Crippen molar-refractivity contribution in [1.82, 2.24) is 19.9 Å². The van der Waals surface area contributed by atoms with Gasteiger partial charge in [-0.25, -0.2) is 5.84 Å². The maximum atomic E-state index is 5.35. The Balaban J connectivity index is 1.85. The second kappa shape index (κ2) is 7.94. The molecule has 8 heteroatoms. The number of hydrogen-bond donors (Lipinski definition) is 3. The summed E-state index contributed by atoms with van der Waals surface area (Å²) >= 11 is 0. The molecule has 0 radical (unpaired) electrons. The largest absolute Gasteiger partial charge is 0.464 e. The third-order valence-electron chi connectivity index (χ3n) is 3.71. The second-order valence-electron chi connectivity index (χ2n) is 5.19. The van der Waals surface area contributed by atoms with Crippen LogP contribution < -0.4 is 21.3 Å². The highest BCUT2D eigenvalue weighted by Crippen LogP contribution is 2.22. The Labute approximate surface area is 125 Å². The van der Waals surface area contributed by atoms with Gasteiger partial charge in [-0.15, -0.1) is 0 Å². The number of rotatable bonds is 8. The summed E-state index contributed by atoms with van der Waals surface area (Å²) in [5, 5.41) is 3.19. The van der Waals surface area contributed by atoms with Crippen LogP contribution in [0.3, 0.4) is 0 Å². The van der Waals surface area contributed by atoms with Gasteiger partial charge in [-0.05, 0) is 26.8 Å². The van der Waals surface area contributed by atoms with Crippen molar-refractivity contribution in [3.05, 3.63) is 0 Å². The van der Waals surface area contributed by atoms with Gasteiger partial charge in [0, 0.05) is 19.1 Å². The third kappa shape index (κ3) is 4.68. The molecule has 2 rings (SSSR count). The first kappa shape index (κ1) is 15.7. The van der Waals surface area contributed by atoms with Crippen LogP contribution in [0.15, 0.2) is 0 Å². The average molecular weight is 295 g/mol. The molecule has 1 aliphatic carbocycles. The van der Waals surface area contributed by atoms with Gasteiger partial charge in [-0.3, -0.25) is 5.43 Å². The SMILES string of the molecule is CCOc1nc(NN)nc(NCCN(C)C2CCCC2)n1. The molecule has 0 unspecified atom stereocenters. The second-order valence-corrected chi connectivity index (χ2v) is 5.19. The molecule has 1 aromatic heterocycles. The molecule has 1 aliphatic rings. The minimum Gasteiger partial charge on any atom is -0.464 e. The zero-order valence-electron chi connectivity index (χ0n) is 12.8. The number of hydrazine groups is 1. The van der Waals surface area contributed by atoms with E-state index >= 15 is 0 Å². The molecule has 118 valence electrons. The molecule has 0 aliphatic heterocycles. The first-order valence-electron chi connectivity index (χ1n) is 7.52. The number of nitrogen functional groups attached to an aromatic ring is 1. The van der Waals surface area contributed by atoms with E-state index in [4.69, 9.17) is 10.6 Å². The molecule has 1 heterocycles. The molecule has 0 aromatic carbocycles. The molecule has 0 spiro atoms. The summed E-state index contributed by atoms with van der Waals surface area (Å²) in [4.78, 5) is 14.8. The fraction of sp³-hybridized carbons (Fsp3) is 0.769. The lowest BCUT2D eigenvalue weighted by Gasteiger charge is -2.23. The van der Waals surface area contributed by atoms with E-state index in [1.165, 1.54) is 25.7 Å². The summed E-state index contributed by atoms with van der Waals surface area (Å²) in [7, 11) is 2.17. The molecule has 21 heavy (non-hydrogen) atoms. The van der Waals surface area contributed by atoms with Gasteiger partial charge in [0.25, 0.3) is 0 Å². The predicted molar refractivity (Wildman–Crippen MR) is 82.2 cm³/mol. The standard InChI is InChI=1S/C13H25N7O/c1-3-21-13-17-11(16-12(18-13)19-14)15-8-9-20(2)10-6-4-5-7-10/h10H,3-9,14H2,1-2H3,(H2,15,16,17,18,19). The highest BCUT2D eigenvalue weighted by molar-refractivity contribution is 5.34. The van der Waals surface area contributed by atoms with Crippen molar-refractivity contribution in [1.29, 1.82) is 0 Å². The maximum absolute atomic E-state index is 5.35. The fourth-order valence-electron chi connectivity index (χ4n) is 2.57. The topological polar surface area (TPSA) is 101 Å². The summed E-state index contributed by atoms with van der Waals surface area (Å²) < 4.78 is 5.29. The van der Waals surface area contributed by atoms with Crippen LogP contribution in [-0.2, 0) is 0 Å². The highest BCUT2D eigenvalue weighted by Gasteiger charge is 2.18. The van der Waals surface area contributed by atoms with Crippen LogP contribution in [0.1, 0.15) is 32.6 Å². The average Bonchev–Trinajstić information content (AvgIpc) is 3.01. The Morgan fingerprint density at radius 3 is 2.62 bits per heavy atom. The Morgan fingerprint density at radius 2 is 1.95 bits per heavy atom. The fourth-order valence-corrected chi connectivity index (χ4v) is 2.57. The Hall–Kier alpha value is -1.67. The molecule has 0 amide bonds. The summed E-state index contributed by atoms with van der Waals surface area (Å²) in [5.41, 5.74) is 2.42. The normalized spacial score (nSPS) is 15.4. The Bertz CT molecular complexity index is 437. The van der Waals surface area contributed by atoms with E-state index in [-0.39, 0.29) is 6.01 Å². The summed E-state index contributed by atoms with van der Waals surface area (Å²) in [6.07, 6.45) is 5.30. The highest BCUT2D eigenvalue weighted by atomic mass is 16.5. The van der Waals surface area contributed by atoms with E-state index in [1.807, 2.05) is 6.92 Å². The molecule has 0 saturated heterocycles. The van der Waals surface area contributed by atoms with Crippen molar-refractivity contribution in [2.45, 2.75) is 38.6 Å². The smallest absolute Gasteiger partial charge is 0.323 e. The number of nitrogens with zero attached hydrogens (tertiary/aromatic N) is 4. The van der Waals surface area contributed by atoms with Gasteiger partial charge in [-0.2, -0.15) is 15.0 Å². The lowest BCUT2D eigenvalue weighted by Crippen LogP contribution is -2.33. The van der Waals surface area contributed by atoms with Gasteiger partial charge in [0.1, 0.15) is 0 Å². The molecule has 4 N–H and O–H groups in total. The van der Waals surface area contributed by atoms with Crippen LogP contribution in [0.4, 0.5) is 11.9 Å². The molecule has 1 aromatic rings. The third-order valence-corrected chi connectivity index (χ3v) is 3.71. The molecule has 8 nitrogen and oxygen atoms in total. The number of nitrogens with one attached hydrogen (secondary N) is 2. The number of likely N-dealkylation sites (N-methyl/N-ethyl adjacent to an activating group) is 1. The number of aromatic nitrogens is 3. The minimum atomic E-state index is 0.270. The molecular weight excluding hydrogens is 270 g/mol. The zero-order chi connectivity index (χ0) is 15.1. The number of nitrogens with two attached hydrogens (primary N) is 1. The van der Waals surface area contributed by atoms with Crippen molar-refractivity contribution in [2.75, 3.05) is 37.5 Å². The van der Waals surface area contributed by atoms with Gasteiger partial charge < -0.3 is 15.0 Å². The molecular formula is C13H25N7O. The van der Waals surface area contributed by atoms with Gasteiger partial charge in [-0.1, -0.05) is 12.8 Å². The Kier molecular flexibility index (Phi) is 5.94. The van der Waals surface area contributed by atoms with Gasteiger partial charge in [0.15, 0.2) is 0 Å². The summed E-state index contributed by atoms with van der Waals surface area (Å²) in [6.45, 7) is 4.10. The van der Waals surface area contributed by atoms with E-state index in [0.29, 0.717) is 24.5 Å². The van der Waals surface area contributed by atoms with E-state index in [9.17, 15) is 0 Å². The van der Waals surface area contributed by atoms with Crippen LogP contribution in [0.5, 0.6) is 6.01 Å². The van der Waals surface area contributed by atoms with Gasteiger partial charge in [0.05, 0.1) is 6.61 Å². The van der Waals surface area contributed by atoms with E-state index in [1.54, 1.807) is 0 Å². The van der Waals surface area contributed by atoms with Crippen molar-refractivity contribution in [2.24, 2.45) is 5.84 Å². The molecule has 1 fully saturated rings. The molecule has 0 atom stereocenters. The van der Waals surface area contributed by atoms with Crippen molar-refractivity contribution in [3.63, 3.8) is 0 Å². The van der Waals surface area contributed by atoms with Crippen LogP contribution >= 0.6 is 0 Å². The van der Waals surface area contributed by atoms with Crippen LogP contribution in [0, 0.1) is 0 Å². The van der Waals surface area contributed by atoms with Crippen molar-refractivity contribution in [3.8, 4) is 6.01 Å². The molecule has 1 saturated carbocycles. The molecule has 0 bridgehead atoms. The lowest BCUT2D eigenvalue weighted by atomic mass is 10.2. The lowest BCUT2D eigenvalue weighted by molar-refractivity contribution is 0.254.